The normalized spacial score (nSPS) is 10.4. The Morgan fingerprint density at radius 1 is 1.38 bits per heavy atom. The zero-order valence-corrected chi connectivity index (χ0v) is 17.4. The highest BCUT2D eigenvalue weighted by molar-refractivity contribution is 14.1. The maximum Gasteiger partial charge on any atom is 0.283 e. The van der Waals surface area contributed by atoms with Gasteiger partial charge in [-0.2, -0.15) is 5.26 Å². The van der Waals surface area contributed by atoms with Crippen molar-refractivity contribution in [2.75, 3.05) is 49.6 Å². The molecule has 0 saturated heterocycles. The second kappa shape index (κ2) is 11.0. The van der Waals surface area contributed by atoms with Crippen LogP contribution in [-0.4, -0.2) is 68.3 Å². The molecule has 1 amide bonds. The molecule has 0 bridgehead atoms. The third kappa shape index (κ3) is 6.14. The summed E-state index contributed by atoms with van der Waals surface area (Å²) in [4.78, 5) is 27.2. The van der Waals surface area contributed by atoms with E-state index >= 15 is 0 Å². The number of nitriles is 1. The lowest BCUT2D eigenvalue weighted by Gasteiger charge is -2.25. The number of rotatable bonds is 10. The number of nitrogens with one attached hydrogen (secondary N) is 1. The lowest BCUT2D eigenvalue weighted by atomic mass is 10.0. The largest absolute Gasteiger partial charge is 0.370 e. The number of alkyl halides is 1. The van der Waals surface area contributed by atoms with Crippen LogP contribution in [0.5, 0.6) is 0 Å². The molecule has 0 atom stereocenters. The standard InChI is InChI=1S/C16H23BIN5O3/c1-21(2)8-5-20-16(24)13-10-14(22(6-3-17)7-4-18)12(11-19)9-15(13)23(25)26/h9-10H,3-8,17H2,1-2H3,(H,20,24). The molecular weight excluding hydrogens is 448 g/mol. The monoisotopic (exact) mass is 471 g/mol. The number of halogens is 1. The predicted molar refractivity (Wildman–Crippen MR) is 113 cm³/mol. The van der Waals surface area contributed by atoms with Gasteiger partial charge in [0, 0.05) is 36.7 Å². The first-order valence-corrected chi connectivity index (χ1v) is 9.84. The molecule has 1 N–H and O–H groups in total. The van der Waals surface area contributed by atoms with Gasteiger partial charge in [-0.25, -0.2) is 0 Å². The van der Waals surface area contributed by atoms with Crippen molar-refractivity contribution in [2.24, 2.45) is 0 Å². The quantitative estimate of drug-likeness (QED) is 0.180. The number of nitro groups is 1. The molecule has 0 aliphatic heterocycles. The number of benzene rings is 1. The van der Waals surface area contributed by atoms with Gasteiger partial charge in [0.15, 0.2) is 0 Å². The molecule has 0 heterocycles. The summed E-state index contributed by atoms with van der Waals surface area (Å²) in [5.41, 5.74) is 0.408. The van der Waals surface area contributed by atoms with Crippen LogP contribution in [0.3, 0.4) is 0 Å². The Balaban J connectivity index is 3.33. The van der Waals surface area contributed by atoms with E-state index in [1.165, 1.54) is 12.1 Å². The Labute approximate surface area is 168 Å². The van der Waals surface area contributed by atoms with Gasteiger partial charge in [0.25, 0.3) is 11.6 Å². The molecule has 0 spiro atoms. The summed E-state index contributed by atoms with van der Waals surface area (Å²) in [5, 5.41) is 23.5. The minimum atomic E-state index is -0.617. The lowest BCUT2D eigenvalue weighted by Crippen LogP contribution is -2.32. The number of amides is 1. The van der Waals surface area contributed by atoms with Crippen molar-refractivity contribution in [1.82, 2.24) is 10.2 Å². The number of anilines is 1. The van der Waals surface area contributed by atoms with Crippen LogP contribution in [0.15, 0.2) is 12.1 Å². The van der Waals surface area contributed by atoms with Crippen molar-refractivity contribution < 1.29 is 9.72 Å². The summed E-state index contributed by atoms with van der Waals surface area (Å²) in [6.07, 6.45) is 0.864. The fraction of sp³-hybridized carbons (Fsp3) is 0.500. The van der Waals surface area contributed by atoms with Gasteiger partial charge >= 0.3 is 0 Å². The first-order valence-electron chi connectivity index (χ1n) is 8.32. The number of carbonyl (C=O) groups is 1. The summed E-state index contributed by atoms with van der Waals surface area (Å²) < 4.78 is 0.837. The Morgan fingerprint density at radius 3 is 2.58 bits per heavy atom. The van der Waals surface area contributed by atoms with Crippen molar-refractivity contribution in [3.63, 3.8) is 0 Å². The van der Waals surface area contributed by atoms with Gasteiger partial charge in [-0.1, -0.05) is 28.9 Å². The van der Waals surface area contributed by atoms with E-state index < -0.39 is 10.8 Å². The first kappa shape index (κ1) is 22.2. The lowest BCUT2D eigenvalue weighted by molar-refractivity contribution is -0.385. The van der Waals surface area contributed by atoms with E-state index in [9.17, 15) is 20.2 Å². The molecule has 1 aromatic carbocycles. The number of nitrogens with zero attached hydrogens (tertiary/aromatic N) is 4. The van der Waals surface area contributed by atoms with E-state index in [0.29, 0.717) is 31.9 Å². The van der Waals surface area contributed by atoms with Crippen molar-refractivity contribution in [3.05, 3.63) is 33.4 Å². The topological polar surface area (TPSA) is 103 Å². The van der Waals surface area contributed by atoms with E-state index in [0.717, 1.165) is 10.7 Å². The zero-order valence-electron chi connectivity index (χ0n) is 15.3. The van der Waals surface area contributed by atoms with Gasteiger partial charge in [-0.05, 0) is 20.2 Å². The molecule has 0 fully saturated rings. The number of likely N-dealkylation sites (N-methyl/N-ethyl adjacent to an activating group) is 1. The molecule has 0 unspecified atom stereocenters. The van der Waals surface area contributed by atoms with Crippen LogP contribution in [0.25, 0.3) is 0 Å². The van der Waals surface area contributed by atoms with Crippen molar-refractivity contribution in [3.8, 4) is 6.07 Å². The fourth-order valence-corrected chi connectivity index (χ4v) is 3.06. The molecule has 0 aromatic heterocycles. The maximum atomic E-state index is 12.5. The SMILES string of the molecule is BCCN(CCI)c1cc(C(=O)NCCN(C)C)c([N+](=O)[O-])cc1C#N. The predicted octanol–water partition coefficient (Wildman–Crippen LogP) is 1.05. The van der Waals surface area contributed by atoms with Crippen LogP contribution in [0.2, 0.25) is 6.32 Å². The number of hydrogen-bond acceptors (Lipinski definition) is 6. The zero-order chi connectivity index (χ0) is 19.7. The van der Waals surface area contributed by atoms with E-state index in [1.807, 2.05) is 37.8 Å². The van der Waals surface area contributed by atoms with Crippen LogP contribution >= 0.6 is 22.6 Å². The summed E-state index contributed by atoms with van der Waals surface area (Å²) in [6.45, 7) is 2.41. The number of nitro benzene ring substituents is 1. The van der Waals surface area contributed by atoms with E-state index in [-0.39, 0.29) is 16.8 Å². The summed E-state index contributed by atoms with van der Waals surface area (Å²) in [6, 6.07) is 4.70. The van der Waals surface area contributed by atoms with Gasteiger partial charge in [0.05, 0.1) is 16.2 Å². The third-order valence-electron chi connectivity index (χ3n) is 3.71. The molecule has 8 nitrogen and oxygen atoms in total. The molecule has 10 heteroatoms. The second-order valence-corrected chi connectivity index (χ2v) is 7.07. The van der Waals surface area contributed by atoms with Crippen molar-refractivity contribution in [1.29, 1.82) is 5.26 Å². The molecule has 0 saturated carbocycles. The van der Waals surface area contributed by atoms with Crippen LogP contribution in [0.4, 0.5) is 11.4 Å². The summed E-state index contributed by atoms with van der Waals surface area (Å²) in [7, 11) is 5.77. The van der Waals surface area contributed by atoms with Crippen molar-refractivity contribution >= 4 is 47.7 Å². The maximum absolute atomic E-state index is 12.5. The van der Waals surface area contributed by atoms with Gasteiger partial charge in [0.1, 0.15) is 19.5 Å². The molecule has 1 rings (SSSR count). The summed E-state index contributed by atoms with van der Waals surface area (Å²) in [5.74, 6) is -0.504. The molecule has 0 aliphatic carbocycles. The van der Waals surface area contributed by atoms with Gasteiger partial charge in [-0.3, -0.25) is 14.9 Å². The Bertz CT molecular complexity index is 687. The van der Waals surface area contributed by atoms with E-state index in [4.69, 9.17) is 0 Å². The highest BCUT2D eigenvalue weighted by Gasteiger charge is 2.25. The Kier molecular flexibility index (Phi) is 9.36. The van der Waals surface area contributed by atoms with Gasteiger partial charge < -0.3 is 15.1 Å². The highest BCUT2D eigenvalue weighted by atomic mass is 127. The molecule has 140 valence electrons. The Hall–Kier alpha value is -1.87. The summed E-state index contributed by atoms with van der Waals surface area (Å²) >= 11 is 2.24. The molecular formula is C16H23BIN5O3. The minimum absolute atomic E-state index is 0.0164. The minimum Gasteiger partial charge on any atom is -0.370 e. The van der Waals surface area contributed by atoms with Crippen LogP contribution in [0.1, 0.15) is 15.9 Å². The van der Waals surface area contributed by atoms with Crippen molar-refractivity contribution in [2.45, 2.75) is 6.32 Å². The number of hydrogen-bond donors (Lipinski definition) is 1. The van der Waals surface area contributed by atoms with Crippen LogP contribution in [-0.2, 0) is 0 Å². The van der Waals surface area contributed by atoms with E-state index in [2.05, 4.69) is 27.9 Å². The fourth-order valence-electron chi connectivity index (χ4n) is 2.47. The molecule has 26 heavy (non-hydrogen) atoms. The number of carbonyl (C=O) groups excluding carboxylic acids is 1. The van der Waals surface area contributed by atoms with E-state index in [1.54, 1.807) is 0 Å². The molecule has 0 aliphatic rings. The van der Waals surface area contributed by atoms with Crippen LogP contribution in [0, 0.1) is 21.4 Å². The average molecular weight is 471 g/mol. The van der Waals surface area contributed by atoms with Gasteiger partial charge in [0.2, 0.25) is 0 Å². The molecule has 1 aromatic rings. The Morgan fingerprint density at radius 2 is 2.08 bits per heavy atom. The van der Waals surface area contributed by atoms with Crippen LogP contribution < -0.4 is 10.2 Å². The average Bonchev–Trinajstić information content (AvgIpc) is 2.59. The third-order valence-corrected chi connectivity index (χ3v) is 4.19. The highest BCUT2D eigenvalue weighted by Crippen LogP contribution is 2.29. The molecule has 0 radical (unpaired) electrons. The smallest absolute Gasteiger partial charge is 0.283 e. The van der Waals surface area contributed by atoms with Gasteiger partial charge in [-0.15, -0.1) is 0 Å². The first-order chi connectivity index (χ1) is 12.3. The second-order valence-electron chi connectivity index (χ2n) is 5.99.